The molecule has 2 fully saturated rings. The lowest BCUT2D eigenvalue weighted by molar-refractivity contribution is 0.343. The van der Waals surface area contributed by atoms with Crippen LogP contribution in [-0.4, -0.2) is 12.1 Å². The molecule has 2 heterocycles. The topological polar surface area (TPSA) is 12.0 Å². The highest BCUT2D eigenvalue weighted by molar-refractivity contribution is 4.90. The fourth-order valence-electron chi connectivity index (χ4n) is 3.09. The number of unbranched alkanes of at least 4 members (excludes halogenated alkanes) is 1. The standard InChI is InChI=1S/C12H23N.C2H6.C2H4/c1-2-3-5-10-6-4-7-11-8-9-12(10)13-11;2*1-2/h10-13H,2-9H2,1H3;1-2H3;1-2H2. The lowest BCUT2D eigenvalue weighted by Gasteiger charge is -2.21. The Bertz CT molecular complexity index is 167. The van der Waals surface area contributed by atoms with E-state index in [1.165, 1.54) is 51.4 Å². The van der Waals surface area contributed by atoms with Crippen LogP contribution in [0.5, 0.6) is 0 Å². The molecule has 0 aliphatic carbocycles. The number of fused-ring (bicyclic) bond motifs is 2. The van der Waals surface area contributed by atoms with E-state index in [-0.39, 0.29) is 0 Å². The highest BCUT2D eigenvalue weighted by atomic mass is 15.0. The highest BCUT2D eigenvalue weighted by Crippen LogP contribution is 2.32. The quantitative estimate of drug-likeness (QED) is 0.689. The fourth-order valence-corrected chi connectivity index (χ4v) is 3.09. The summed E-state index contributed by atoms with van der Waals surface area (Å²) in [5, 5.41) is 3.81. The van der Waals surface area contributed by atoms with Crippen LogP contribution in [-0.2, 0) is 0 Å². The fraction of sp³-hybridized carbons (Fsp3) is 0.875. The third-order valence-corrected chi connectivity index (χ3v) is 3.90. The Hall–Kier alpha value is -0.300. The third kappa shape index (κ3) is 5.72. The molecular weight excluding hydrogens is 206 g/mol. The second kappa shape index (κ2) is 10.8. The Morgan fingerprint density at radius 1 is 1.06 bits per heavy atom. The number of hydrogen-bond donors (Lipinski definition) is 1. The molecule has 0 aromatic carbocycles. The molecule has 0 spiro atoms. The van der Waals surface area contributed by atoms with Crippen LogP contribution in [0, 0.1) is 5.92 Å². The summed E-state index contributed by atoms with van der Waals surface area (Å²) in [6.45, 7) is 12.3. The zero-order valence-corrected chi connectivity index (χ0v) is 12.3. The average Bonchev–Trinajstić information content (AvgIpc) is 2.76. The van der Waals surface area contributed by atoms with Crippen LogP contribution in [0.4, 0.5) is 0 Å². The maximum Gasteiger partial charge on any atom is 0.00984 e. The minimum Gasteiger partial charge on any atom is -0.311 e. The third-order valence-electron chi connectivity index (χ3n) is 3.90. The molecule has 0 radical (unpaired) electrons. The van der Waals surface area contributed by atoms with Crippen LogP contribution in [0.1, 0.15) is 72.1 Å². The van der Waals surface area contributed by atoms with Crippen LogP contribution in [0.25, 0.3) is 0 Å². The van der Waals surface area contributed by atoms with E-state index >= 15 is 0 Å². The second-order valence-electron chi connectivity index (χ2n) is 4.88. The van der Waals surface area contributed by atoms with Crippen molar-refractivity contribution in [3.63, 3.8) is 0 Å². The van der Waals surface area contributed by atoms with Gasteiger partial charge >= 0.3 is 0 Å². The summed E-state index contributed by atoms with van der Waals surface area (Å²) in [4.78, 5) is 0. The van der Waals surface area contributed by atoms with Crippen molar-refractivity contribution >= 4 is 0 Å². The van der Waals surface area contributed by atoms with Gasteiger partial charge in [-0.15, -0.1) is 13.2 Å². The summed E-state index contributed by atoms with van der Waals surface area (Å²) in [5.74, 6) is 1.01. The first-order chi connectivity index (χ1) is 8.40. The molecule has 2 saturated heterocycles. The van der Waals surface area contributed by atoms with Crippen LogP contribution >= 0.6 is 0 Å². The Kier molecular flexibility index (Phi) is 10.6. The van der Waals surface area contributed by atoms with E-state index in [9.17, 15) is 0 Å². The number of hydrogen-bond acceptors (Lipinski definition) is 1. The first kappa shape index (κ1) is 16.7. The molecule has 3 atom stereocenters. The van der Waals surface area contributed by atoms with Crippen molar-refractivity contribution in [3.05, 3.63) is 13.2 Å². The van der Waals surface area contributed by atoms with Gasteiger partial charge < -0.3 is 5.32 Å². The molecule has 2 bridgehead atoms. The molecule has 2 rings (SSSR count). The maximum absolute atomic E-state index is 3.81. The van der Waals surface area contributed by atoms with Crippen molar-refractivity contribution in [1.82, 2.24) is 5.32 Å². The van der Waals surface area contributed by atoms with Crippen molar-refractivity contribution < 1.29 is 0 Å². The molecule has 1 N–H and O–H groups in total. The maximum atomic E-state index is 3.81. The number of nitrogens with one attached hydrogen (secondary N) is 1. The Morgan fingerprint density at radius 3 is 2.41 bits per heavy atom. The summed E-state index contributed by atoms with van der Waals surface area (Å²) >= 11 is 0. The van der Waals surface area contributed by atoms with Crippen molar-refractivity contribution in [2.75, 3.05) is 0 Å². The van der Waals surface area contributed by atoms with E-state index < -0.39 is 0 Å². The SMILES string of the molecule is C=C.CC.CCCCC1CCCC2CCC1N2. The summed E-state index contributed by atoms with van der Waals surface area (Å²) in [5.41, 5.74) is 0. The van der Waals surface area contributed by atoms with Crippen molar-refractivity contribution in [2.24, 2.45) is 5.92 Å². The smallest absolute Gasteiger partial charge is 0.00984 e. The highest BCUT2D eigenvalue weighted by Gasteiger charge is 2.31. The van der Waals surface area contributed by atoms with E-state index in [4.69, 9.17) is 0 Å². The number of rotatable bonds is 3. The van der Waals surface area contributed by atoms with E-state index in [0.717, 1.165) is 18.0 Å². The van der Waals surface area contributed by atoms with Gasteiger partial charge in [-0.25, -0.2) is 0 Å². The second-order valence-corrected chi connectivity index (χ2v) is 4.88. The van der Waals surface area contributed by atoms with E-state index in [0.29, 0.717) is 0 Å². The lowest BCUT2D eigenvalue weighted by atomic mass is 9.87. The predicted octanol–water partition coefficient (Wildman–Crippen LogP) is 4.93. The zero-order chi connectivity index (χ0) is 13.1. The Morgan fingerprint density at radius 2 is 1.76 bits per heavy atom. The first-order valence-corrected chi connectivity index (χ1v) is 7.66. The molecule has 1 heteroatoms. The van der Waals surface area contributed by atoms with E-state index in [1.54, 1.807) is 0 Å². The monoisotopic (exact) mass is 239 g/mol. The molecule has 0 aromatic rings. The molecule has 0 saturated carbocycles. The van der Waals surface area contributed by atoms with Gasteiger partial charge in [0.1, 0.15) is 0 Å². The summed E-state index contributed by atoms with van der Waals surface area (Å²) < 4.78 is 0. The summed E-state index contributed by atoms with van der Waals surface area (Å²) in [6.07, 6.45) is 11.6. The van der Waals surface area contributed by atoms with Gasteiger partial charge in [0.25, 0.3) is 0 Å². The van der Waals surface area contributed by atoms with Gasteiger partial charge in [0, 0.05) is 12.1 Å². The lowest BCUT2D eigenvalue weighted by Crippen LogP contribution is -2.32. The van der Waals surface area contributed by atoms with Gasteiger partial charge in [0.2, 0.25) is 0 Å². The first-order valence-electron chi connectivity index (χ1n) is 7.66. The molecule has 2 aliphatic rings. The van der Waals surface area contributed by atoms with Gasteiger partial charge in [-0.1, -0.05) is 40.0 Å². The van der Waals surface area contributed by atoms with Crippen LogP contribution in [0.3, 0.4) is 0 Å². The average molecular weight is 239 g/mol. The zero-order valence-electron chi connectivity index (χ0n) is 12.3. The minimum absolute atomic E-state index is 0.886. The van der Waals surface area contributed by atoms with Gasteiger partial charge in [0.15, 0.2) is 0 Å². The van der Waals surface area contributed by atoms with Gasteiger partial charge in [-0.2, -0.15) is 0 Å². The molecule has 102 valence electrons. The van der Waals surface area contributed by atoms with Crippen LogP contribution in [0.15, 0.2) is 13.2 Å². The summed E-state index contributed by atoms with van der Waals surface area (Å²) in [7, 11) is 0. The largest absolute Gasteiger partial charge is 0.311 e. The van der Waals surface area contributed by atoms with Crippen LogP contribution < -0.4 is 5.32 Å². The minimum atomic E-state index is 0.886. The Balaban J connectivity index is 0.000000581. The van der Waals surface area contributed by atoms with Gasteiger partial charge in [0.05, 0.1) is 0 Å². The predicted molar refractivity (Wildman–Crippen MR) is 79.4 cm³/mol. The molecular formula is C16H33N. The Labute approximate surface area is 109 Å². The van der Waals surface area contributed by atoms with Crippen molar-refractivity contribution in [1.29, 1.82) is 0 Å². The summed E-state index contributed by atoms with van der Waals surface area (Å²) in [6, 6.07) is 1.77. The van der Waals surface area contributed by atoms with Crippen molar-refractivity contribution in [2.45, 2.75) is 84.2 Å². The molecule has 0 aromatic heterocycles. The molecule has 3 unspecified atom stereocenters. The van der Waals surface area contributed by atoms with E-state index in [2.05, 4.69) is 25.4 Å². The van der Waals surface area contributed by atoms with E-state index in [1.807, 2.05) is 13.8 Å². The van der Waals surface area contributed by atoms with Gasteiger partial charge in [-0.05, 0) is 38.0 Å². The molecule has 17 heavy (non-hydrogen) atoms. The molecule has 2 aliphatic heterocycles. The normalized spacial score (nSPS) is 30.4. The van der Waals surface area contributed by atoms with Gasteiger partial charge in [-0.3, -0.25) is 0 Å². The molecule has 1 nitrogen and oxygen atoms in total. The molecule has 0 amide bonds. The van der Waals surface area contributed by atoms with Crippen LogP contribution in [0.2, 0.25) is 0 Å². The van der Waals surface area contributed by atoms with Crippen molar-refractivity contribution in [3.8, 4) is 0 Å².